The van der Waals surface area contributed by atoms with E-state index >= 15 is 0 Å². The summed E-state index contributed by atoms with van der Waals surface area (Å²) in [5, 5.41) is 0. The summed E-state index contributed by atoms with van der Waals surface area (Å²) in [7, 11) is 0. The van der Waals surface area contributed by atoms with Crippen LogP contribution >= 0.6 is 0 Å². The zero-order chi connectivity index (χ0) is 8.65. The Kier molecular flexibility index (Phi) is 4.39. The van der Waals surface area contributed by atoms with Gasteiger partial charge in [0.25, 0.3) is 0 Å². The molecule has 0 saturated carbocycles. The molecule has 0 aromatic carbocycles. The number of allylic oxidation sites excluding steroid dienone is 3. The first-order valence-corrected chi connectivity index (χ1v) is 4.30. The third-order valence-corrected chi connectivity index (χ3v) is 1.88. The number of rotatable bonds is 3. The Morgan fingerprint density at radius 3 is 2.83 bits per heavy atom. The highest BCUT2D eigenvalue weighted by Gasteiger charge is 2.09. The molecule has 1 aliphatic rings. The van der Waals surface area contributed by atoms with E-state index in [1.807, 2.05) is 6.08 Å². The molecule has 0 bridgehead atoms. The van der Waals surface area contributed by atoms with Crippen LogP contribution in [0.4, 0.5) is 0 Å². The lowest BCUT2D eigenvalue weighted by molar-refractivity contribution is -0.104. The van der Waals surface area contributed by atoms with Gasteiger partial charge in [-0.05, 0) is 18.9 Å². The fourth-order valence-corrected chi connectivity index (χ4v) is 1.25. The number of carbonyl (C=O) groups excluding carboxylic acids is 1. The van der Waals surface area contributed by atoms with E-state index < -0.39 is 0 Å². The van der Waals surface area contributed by atoms with Gasteiger partial charge in [0.2, 0.25) is 0 Å². The molecular formula is C10H14O2. The Morgan fingerprint density at radius 2 is 2.17 bits per heavy atom. The molecule has 1 rings (SSSR count). The molecule has 1 saturated heterocycles. The molecule has 0 radical (unpaired) electrons. The van der Waals surface area contributed by atoms with Crippen molar-refractivity contribution in [2.24, 2.45) is 5.92 Å². The van der Waals surface area contributed by atoms with E-state index in [-0.39, 0.29) is 0 Å². The SMILES string of the molecule is O=C/C=C/C=C/C1CCCOC1. The lowest BCUT2D eigenvalue weighted by Gasteiger charge is -2.18. The van der Waals surface area contributed by atoms with E-state index in [1.54, 1.807) is 6.08 Å². The minimum absolute atomic E-state index is 0.537. The number of carbonyl (C=O) groups is 1. The van der Waals surface area contributed by atoms with Crippen molar-refractivity contribution in [3.8, 4) is 0 Å². The first-order chi connectivity index (χ1) is 5.93. The molecule has 66 valence electrons. The average Bonchev–Trinajstić information content (AvgIpc) is 2.14. The second kappa shape index (κ2) is 5.72. The van der Waals surface area contributed by atoms with Gasteiger partial charge >= 0.3 is 0 Å². The zero-order valence-corrected chi connectivity index (χ0v) is 7.11. The highest BCUT2D eigenvalue weighted by Crippen LogP contribution is 2.14. The number of aldehydes is 1. The molecule has 12 heavy (non-hydrogen) atoms. The summed E-state index contributed by atoms with van der Waals surface area (Å²) in [6.07, 6.45) is 10.4. The molecule has 1 unspecified atom stereocenters. The largest absolute Gasteiger partial charge is 0.381 e. The van der Waals surface area contributed by atoms with E-state index in [2.05, 4.69) is 6.08 Å². The third kappa shape index (κ3) is 3.49. The number of ether oxygens (including phenoxy) is 1. The van der Waals surface area contributed by atoms with E-state index in [0.717, 1.165) is 25.9 Å². The van der Waals surface area contributed by atoms with Crippen molar-refractivity contribution in [2.75, 3.05) is 13.2 Å². The summed E-state index contributed by atoms with van der Waals surface area (Å²) in [5.41, 5.74) is 0. The monoisotopic (exact) mass is 166 g/mol. The van der Waals surface area contributed by atoms with Gasteiger partial charge in [0.15, 0.2) is 0 Å². The van der Waals surface area contributed by atoms with Crippen LogP contribution in [0.3, 0.4) is 0 Å². The zero-order valence-electron chi connectivity index (χ0n) is 7.11. The van der Waals surface area contributed by atoms with Crippen LogP contribution in [-0.4, -0.2) is 19.5 Å². The number of hydrogen-bond acceptors (Lipinski definition) is 2. The number of hydrogen-bond donors (Lipinski definition) is 0. The van der Waals surface area contributed by atoms with Gasteiger partial charge in [-0.3, -0.25) is 4.79 Å². The second-order valence-electron chi connectivity index (χ2n) is 2.88. The van der Waals surface area contributed by atoms with Crippen molar-refractivity contribution in [1.29, 1.82) is 0 Å². The summed E-state index contributed by atoms with van der Waals surface area (Å²) in [6.45, 7) is 1.72. The molecule has 2 heteroatoms. The summed E-state index contributed by atoms with van der Waals surface area (Å²) < 4.78 is 5.29. The molecule has 0 aromatic heterocycles. The van der Waals surface area contributed by atoms with Crippen LogP contribution in [-0.2, 0) is 9.53 Å². The molecule has 0 aliphatic carbocycles. The van der Waals surface area contributed by atoms with Crippen LogP contribution in [0.2, 0.25) is 0 Å². The van der Waals surface area contributed by atoms with E-state index in [4.69, 9.17) is 4.74 Å². The van der Waals surface area contributed by atoms with Gasteiger partial charge in [0, 0.05) is 12.5 Å². The normalized spacial score (nSPS) is 25.2. The van der Waals surface area contributed by atoms with Crippen LogP contribution in [0.1, 0.15) is 12.8 Å². The minimum atomic E-state index is 0.537. The van der Waals surface area contributed by atoms with Crippen LogP contribution in [0, 0.1) is 5.92 Å². The van der Waals surface area contributed by atoms with Crippen LogP contribution < -0.4 is 0 Å². The fourth-order valence-electron chi connectivity index (χ4n) is 1.25. The van der Waals surface area contributed by atoms with E-state index in [9.17, 15) is 4.79 Å². The Balaban J connectivity index is 2.23. The van der Waals surface area contributed by atoms with E-state index in [0.29, 0.717) is 5.92 Å². The van der Waals surface area contributed by atoms with Gasteiger partial charge in [0.05, 0.1) is 6.61 Å². The van der Waals surface area contributed by atoms with Gasteiger partial charge in [-0.25, -0.2) is 0 Å². The molecule has 2 nitrogen and oxygen atoms in total. The van der Waals surface area contributed by atoms with Gasteiger partial charge in [-0.2, -0.15) is 0 Å². The highest BCUT2D eigenvalue weighted by molar-refractivity contribution is 5.65. The first kappa shape index (κ1) is 9.20. The topological polar surface area (TPSA) is 26.3 Å². The molecule has 0 aromatic rings. The Hall–Kier alpha value is -0.890. The lowest BCUT2D eigenvalue weighted by Crippen LogP contribution is -2.14. The summed E-state index contributed by atoms with van der Waals surface area (Å²) in [5.74, 6) is 0.537. The Labute approximate surface area is 72.9 Å². The smallest absolute Gasteiger partial charge is 0.142 e. The van der Waals surface area contributed by atoms with Crippen LogP contribution in [0.5, 0.6) is 0 Å². The predicted molar refractivity (Wildman–Crippen MR) is 47.9 cm³/mol. The van der Waals surface area contributed by atoms with Crippen molar-refractivity contribution in [3.05, 3.63) is 24.3 Å². The maximum atomic E-state index is 9.91. The second-order valence-corrected chi connectivity index (χ2v) is 2.88. The van der Waals surface area contributed by atoms with Crippen molar-refractivity contribution in [2.45, 2.75) is 12.8 Å². The van der Waals surface area contributed by atoms with Gasteiger partial charge in [-0.1, -0.05) is 18.2 Å². The van der Waals surface area contributed by atoms with Crippen LogP contribution in [0.25, 0.3) is 0 Å². The lowest BCUT2D eigenvalue weighted by atomic mass is 10.0. The fraction of sp³-hybridized carbons (Fsp3) is 0.500. The summed E-state index contributed by atoms with van der Waals surface area (Å²) >= 11 is 0. The van der Waals surface area contributed by atoms with Crippen LogP contribution in [0.15, 0.2) is 24.3 Å². The molecule has 1 fully saturated rings. The van der Waals surface area contributed by atoms with E-state index in [1.165, 1.54) is 12.5 Å². The quantitative estimate of drug-likeness (QED) is 0.362. The summed E-state index contributed by atoms with van der Waals surface area (Å²) in [4.78, 5) is 9.91. The Morgan fingerprint density at radius 1 is 1.25 bits per heavy atom. The molecule has 0 amide bonds. The predicted octanol–water partition coefficient (Wildman–Crippen LogP) is 1.72. The molecule has 0 spiro atoms. The van der Waals surface area contributed by atoms with Gasteiger partial charge in [0.1, 0.15) is 6.29 Å². The Bertz CT molecular complexity index is 176. The van der Waals surface area contributed by atoms with Gasteiger partial charge < -0.3 is 4.74 Å². The van der Waals surface area contributed by atoms with Crippen molar-refractivity contribution in [3.63, 3.8) is 0 Å². The standard InChI is InChI=1S/C10H14O2/c11-7-3-1-2-5-10-6-4-8-12-9-10/h1-3,5,7,10H,4,6,8-9H2/b3-1+,5-2+. The molecular weight excluding hydrogens is 152 g/mol. The van der Waals surface area contributed by atoms with Crippen molar-refractivity contribution >= 4 is 6.29 Å². The third-order valence-electron chi connectivity index (χ3n) is 1.88. The minimum Gasteiger partial charge on any atom is -0.381 e. The summed E-state index contributed by atoms with van der Waals surface area (Å²) in [6, 6.07) is 0. The maximum Gasteiger partial charge on any atom is 0.142 e. The molecule has 0 N–H and O–H groups in total. The average molecular weight is 166 g/mol. The molecule has 1 atom stereocenters. The van der Waals surface area contributed by atoms with Gasteiger partial charge in [-0.15, -0.1) is 0 Å². The first-order valence-electron chi connectivity index (χ1n) is 4.30. The van der Waals surface area contributed by atoms with Crippen molar-refractivity contribution in [1.82, 2.24) is 0 Å². The molecule has 1 heterocycles. The highest BCUT2D eigenvalue weighted by atomic mass is 16.5. The molecule has 1 aliphatic heterocycles. The maximum absolute atomic E-state index is 9.91. The van der Waals surface area contributed by atoms with Crippen molar-refractivity contribution < 1.29 is 9.53 Å².